The zero-order valence-corrected chi connectivity index (χ0v) is 9.17. The molecule has 0 aromatic heterocycles. The van der Waals surface area contributed by atoms with E-state index in [-0.39, 0.29) is 6.42 Å². The van der Waals surface area contributed by atoms with Crippen molar-refractivity contribution in [1.82, 2.24) is 0 Å². The van der Waals surface area contributed by atoms with Gasteiger partial charge in [0.1, 0.15) is 11.4 Å². The highest BCUT2D eigenvalue weighted by molar-refractivity contribution is 5.40. The molecular formula is C12H14FNO. The smallest absolute Gasteiger partial charge is 0.130 e. The molecule has 1 rings (SSSR count). The van der Waals surface area contributed by atoms with Crippen LogP contribution in [0.1, 0.15) is 25.0 Å². The van der Waals surface area contributed by atoms with Crippen molar-refractivity contribution in [1.29, 1.82) is 5.26 Å². The highest BCUT2D eigenvalue weighted by Crippen LogP contribution is 2.29. The molecule has 0 N–H and O–H groups in total. The molecule has 2 nitrogen and oxygen atoms in total. The Bertz CT molecular complexity index is 388. The van der Waals surface area contributed by atoms with Gasteiger partial charge in [-0.2, -0.15) is 5.26 Å². The maximum absolute atomic E-state index is 13.7. The van der Waals surface area contributed by atoms with E-state index in [1.165, 1.54) is 21.0 Å². The molecule has 0 aliphatic heterocycles. The van der Waals surface area contributed by atoms with E-state index in [1.807, 2.05) is 6.07 Å². The minimum atomic E-state index is -1.39. The van der Waals surface area contributed by atoms with Crippen LogP contribution in [0, 0.1) is 11.3 Å². The first kappa shape index (κ1) is 11.5. The summed E-state index contributed by atoms with van der Waals surface area (Å²) < 4.78 is 18.7. The summed E-state index contributed by atoms with van der Waals surface area (Å²) in [4.78, 5) is 0. The Morgan fingerprint density at radius 3 is 2.60 bits per heavy atom. The first-order valence-electron chi connectivity index (χ1n) is 4.72. The van der Waals surface area contributed by atoms with Crippen molar-refractivity contribution in [3.63, 3.8) is 0 Å². The van der Waals surface area contributed by atoms with Crippen molar-refractivity contribution >= 4 is 0 Å². The number of rotatable bonds is 3. The Hall–Kier alpha value is -1.56. The molecule has 3 heteroatoms. The molecule has 0 amide bonds. The van der Waals surface area contributed by atoms with Crippen LogP contribution in [-0.4, -0.2) is 7.11 Å². The Morgan fingerprint density at radius 2 is 2.13 bits per heavy atom. The summed E-state index contributed by atoms with van der Waals surface area (Å²) in [5.74, 6) is 0.629. The van der Waals surface area contributed by atoms with E-state index in [4.69, 9.17) is 10.00 Å². The van der Waals surface area contributed by atoms with Crippen LogP contribution in [0.5, 0.6) is 5.75 Å². The predicted molar refractivity (Wildman–Crippen MR) is 56.4 cm³/mol. The molecule has 0 heterocycles. The number of hydrogen-bond acceptors (Lipinski definition) is 2. The van der Waals surface area contributed by atoms with E-state index in [9.17, 15) is 4.39 Å². The van der Waals surface area contributed by atoms with Crippen molar-refractivity contribution in [2.45, 2.75) is 25.9 Å². The highest BCUT2D eigenvalue weighted by Gasteiger charge is 2.19. The Kier molecular flexibility index (Phi) is 3.31. The molecule has 0 fully saturated rings. The second-order valence-electron chi connectivity index (χ2n) is 3.83. The summed E-state index contributed by atoms with van der Waals surface area (Å²) in [5.41, 5.74) is -0.104. The normalized spacial score (nSPS) is 10.9. The van der Waals surface area contributed by atoms with Gasteiger partial charge in [-0.3, -0.25) is 0 Å². The number of alkyl halides is 1. The molecule has 0 saturated carbocycles. The first-order valence-corrected chi connectivity index (χ1v) is 4.72. The van der Waals surface area contributed by atoms with Gasteiger partial charge in [0.15, 0.2) is 0 Å². The fourth-order valence-electron chi connectivity index (χ4n) is 1.37. The minimum Gasteiger partial charge on any atom is -0.496 e. The van der Waals surface area contributed by atoms with Gasteiger partial charge in [0, 0.05) is 5.56 Å². The van der Waals surface area contributed by atoms with Gasteiger partial charge in [-0.25, -0.2) is 4.39 Å². The maximum atomic E-state index is 13.7. The fraction of sp³-hybridized carbons (Fsp3) is 0.417. The molecule has 80 valence electrons. The molecule has 1 aromatic rings. The van der Waals surface area contributed by atoms with Gasteiger partial charge >= 0.3 is 0 Å². The van der Waals surface area contributed by atoms with Crippen molar-refractivity contribution in [3.05, 3.63) is 29.3 Å². The van der Waals surface area contributed by atoms with E-state index in [1.54, 1.807) is 18.2 Å². The lowest BCUT2D eigenvalue weighted by Gasteiger charge is -2.16. The lowest BCUT2D eigenvalue weighted by Crippen LogP contribution is -2.09. The molecule has 1 aromatic carbocycles. The van der Waals surface area contributed by atoms with Gasteiger partial charge in [0.05, 0.1) is 19.6 Å². The molecule has 0 radical (unpaired) electrons. The number of nitriles is 1. The average Bonchev–Trinajstić information content (AvgIpc) is 2.17. The molecule has 0 spiro atoms. The Balaban J connectivity index is 3.17. The van der Waals surface area contributed by atoms with Crippen LogP contribution in [0.25, 0.3) is 0 Å². The standard InChI is InChI=1S/C12H14FNO/c1-12(2,13)10-4-5-11(15-3)9(8-10)6-7-14/h4-5,8H,6H2,1-3H3. The number of hydrogen-bond donors (Lipinski definition) is 0. The van der Waals surface area contributed by atoms with Crippen molar-refractivity contribution in [3.8, 4) is 11.8 Å². The topological polar surface area (TPSA) is 33.0 Å². The van der Waals surface area contributed by atoms with Gasteiger partial charge in [-0.05, 0) is 31.5 Å². The molecule has 0 atom stereocenters. The van der Waals surface area contributed by atoms with Crippen LogP contribution in [0.2, 0.25) is 0 Å². The van der Waals surface area contributed by atoms with E-state index in [2.05, 4.69) is 0 Å². The maximum Gasteiger partial charge on any atom is 0.130 e. The Labute approximate surface area is 89.3 Å². The van der Waals surface area contributed by atoms with Crippen LogP contribution in [0.15, 0.2) is 18.2 Å². The zero-order chi connectivity index (χ0) is 11.5. The zero-order valence-electron chi connectivity index (χ0n) is 9.17. The van der Waals surface area contributed by atoms with Crippen molar-refractivity contribution in [2.24, 2.45) is 0 Å². The lowest BCUT2D eigenvalue weighted by molar-refractivity contribution is 0.221. The van der Waals surface area contributed by atoms with E-state index in [0.717, 1.165) is 5.56 Å². The van der Waals surface area contributed by atoms with Gasteiger partial charge in [-0.1, -0.05) is 6.07 Å². The molecule has 0 bridgehead atoms. The number of benzene rings is 1. The first-order chi connectivity index (χ1) is 6.99. The summed E-state index contributed by atoms with van der Waals surface area (Å²) in [6, 6.07) is 7.10. The molecule has 0 saturated heterocycles. The summed E-state index contributed by atoms with van der Waals surface area (Å²) in [6.45, 7) is 2.98. The van der Waals surface area contributed by atoms with E-state index in [0.29, 0.717) is 11.3 Å². The third kappa shape index (κ3) is 2.69. The van der Waals surface area contributed by atoms with Crippen LogP contribution < -0.4 is 4.74 Å². The van der Waals surface area contributed by atoms with Gasteiger partial charge in [0.2, 0.25) is 0 Å². The van der Waals surface area contributed by atoms with Gasteiger partial charge in [0.25, 0.3) is 0 Å². The van der Waals surface area contributed by atoms with E-state index >= 15 is 0 Å². The second kappa shape index (κ2) is 4.31. The molecule has 15 heavy (non-hydrogen) atoms. The van der Waals surface area contributed by atoms with Gasteiger partial charge < -0.3 is 4.74 Å². The lowest BCUT2D eigenvalue weighted by atomic mass is 9.97. The van der Waals surface area contributed by atoms with Crippen LogP contribution in [0.3, 0.4) is 0 Å². The summed E-state index contributed by atoms with van der Waals surface area (Å²) >= 11 is 0. The molecule has 0 aliphatic rings. The summed E-state index contributed by atoms with van der Waals surface area (Å²) in [5, 5.41) is 8.63. The average molecular weight is 207 g/mol. The summed E-state index contributed by atoms with van der Waals surface area (Å²) in [7, 11) is 1.54. The third-order valence-corrected chi connectivity index (χ3v) is 2.24. The van der Waals surface area contributed by atoms with Gasteiger partial charge in [-0.15, -0.1) is 0 Å². The van der Waals surface area contributed by atoms with Crippen molar-refractivity contribution < 1.29 is 9.13 Å². The second-order valence-corrected chi connectivity index (χ2v) is 3.83. The quantitative estimate of drug-likeness (QED) is 0.763. The van der Waals surface area contributed by atoms with E-state index < -0.39 is 5.67 Å². The van der Waals surface area contributed by atoms with Crippen LogP contribution in [0.4, 0.5) is 4.39 Å². The summed E-state index contributed by atoms with van der Waals surface area (Å²) in [6.07, 6.45) is 0.229. The van der Waals surface area contributed by atoms with Crippen molar-refractivity contribution in [2.75, 3.05) is 7.11 Å². The molecular weight excluding hydrogens is 193 g/mol. The van der Waals surface area contributed by atoms with Crippen LogP contribution in [-0.2, 0) is 12.1 Å². The molecule has 0 unspecified atom stereocenters. The number of methoxy groups -OCH3 is 1. The number of halogens is 1. The number of ether oxygens (including phenoxy) is 1. The highest BCUT2D eigenvalue weighted by atomic mass is 19.1. The predicted octanol–water partition coefficient (Wildman–Crippen LogP) is 2.97. The SMILES string of the molecule is COc1ccc(C(C)(C)F)cc1CC#N. The third-order valence-electron chi connectivity index (χ3n) is 2.24. The monoisotopic (exact) mass is 207 g/mol. The fourth-order valence-corrected chi connectivity index (χ4v) is 1.37. The molecule has 0 aliphatic carbocycles. The Morgan fingerprint density at radius 1 is 1.47 bits per heavy atom. The minimum absolute atomic E-state index is 0.229. The largest absolute Gasteiger partial charge is 0.496 e. The van der Waals surface area contributed by atoms with Crippen LogP contribution >= 0.6 is 0 Å². The number of nitrogens with zero attached hydrogens (tertiary/aromatic N) is 1.